The van der Waals surface area contributed by atoms with Gasteiger partial charge in [0.25, 0.3) is 0 Å². The van der Waals surface area contributed by atoms with Crippen LogP contribution in [0.5, 0.6) is 0 Å². The lowest BCUT2D eigenvalue weighted by Crippen LogP contribution is -2.43. The van der Waals surface area contributed by atoms with Crippen LogP contribution in [0.1, 0.15) is 99.3 Å². The third-order valence-corrected chi connectivity index (χ3v) is 13.1. The van der Waals surface area contributed by atoms with Crippen molar-refractivity contribution in [3.05, 3.63) is 11.6 Å². The van der Waals surface area contributed by atoms with Crippen LogP contribution in [0.3, 0.4) is 0 Å². The van der Waals surface area contributed by atoms with Crippen LogP contribution in [0, 0.1) is 51.8 Å². The summed E-state index contributed by atoms with van der Waals surface area (Å²) >= 11 is 0. The molecule has 6 heteroatoms. The molecule has 4 unspecified atom stereocenters. The van der Waals surface area contributed by atoms with Crippen molar-refractivity contribution in [1.82, 2.24) is 0 Å². The third-order valence-electron chi connectivity index (χ3n) is 13.1. The van der Waals surface area contributed by atoms with E-state index in [1.165, 1.54) is 31.3 Å². The molecule has 1 heterocycles. The molecule has 4 saturated carbocycles. The van der Waals surface area contributed by atoms with Crippen LogP contribution in [0.4, 0.5) is 0 Å². The first-order valence-corrected chi connectivity index (χ1v) is 15.8. The summed E-state index contributed by atoms with van der Waals surface area (Å²) in [4.78, 5) is 38.3. The standard InChI is InChI=1S/C33H48O6/c1-7-33-25-18-21(34)11-13-30(25,5)20-10-14-31(6)23(12-15-32(31)24(17-20)26(32)27(33)39-33)19(4)16-22(28(35)37-8-2)29(36)38-9-3/h18-20,22-24,26-27H,7-17H2,1-6H3/t19-,20+,23-,24?,26?,27+,30?,31?,32-,33-/m1/s1. The average Bonchev–Trinajstić information content (AvgIpc) is 3.75. The van der Waals surface area contributed by atoms with Gasteiger partial charge in [-0.2, -0.15) is 0 Å². The molecule has 0 aromatic heterocycles. The summed E-state index contributed by atoms with van der Waals surface area (Å²) in [5, 5.41) is 0. The Kier molecular flexibility index (Phi) is 6.45. The van der Waals surface area contributed by atoms with E-state index in [0.717, 1.165) is 19.3 Å². The maximum atomic E-state index is 12.8. The van der Waals surface area contributed by atoms with E-state index in [1.54, 1.807) is 13.8 Å². The number of ether oxygens (including phenoxy) is 3. The Morgan fingerprint density at radius 1 is 1.05 bits per heavy atom. The number of carbonyl (C=O) groups is 3. The Labute approximate surface area is 234 Å². The quantitative estimate of drug-likeness (QED) is 0.211. The van der Waals surface area contributed by atoms with Crippen molar-refractivity contribution in [1.29, 1.82) is 0 Å². The molecule has 5 aliphatic carbocycles. The van der Waals surface area contributed by atoms with Crippen LogP contribution in [0.25, 0.3) is 0 Å². The van der Waals surface area contributed by atoms with Gasteiger partial charge in [-0.25, -0.2) is 0 Å². The highest BCUT2D eigenvalue weighted by Gasteiger charge is 2.85. The molecule has 1 saturated heterocycles. The Hall–Kier alpha value is -1.69. The molecular weight excluding hydrogens is 492 g/mol. The molecule has 216 valence electrons. The summed E-state index contributed by atoms with van der Waals surface area (Å²) in [6.07, 6.45) is 11.2. The topological polar surface area (TPSA) is 82.2 Å². The van der Waals surface area contributed by atoms with E-state index in [4.69, 9.17) is 14.2 Å². The summed E-state index contributed by atoms with van der Waals surface area (Å²) in [7, 11) is 0. The first kappa shape index (κ1) is 27.5. The van der Waals surface area contributed by atoms with E-state index in [1.807, 2.05) is 6.08 Å². The smallest absolute Gasteiger partial charge is 0.320 e. The van der Waals surface area contributed by atoms with Crippen molar-refractivity contribution in [2.45, 2.75) is 111 Å². The van der Waals surface area contributed by atoms with Gasteiger partial charge in [0.15, 0.2) is 11.7 Å². The maximum absolute atomic E-state index is 12.8. The Bertz CT molecular complexity index is 1080. The van der Waals surface area contributed by atoms with Crippen molar-refractivity contribution in [3.63, 3.8) is 0 Å². The molecule has 0 amide bonds. The van der Waals surface area contributed by atoms with Gasteiger partial charge in [0.1, 0.15) is 5.60 Å². The largest absolute Gasteiger partial charge is 0.465 e. The monoisotopic (exact) mass is 540 g/mol. The van der Waals surface area contributed by atoms with Crippen LogP contribution in [0.15, 0.2) is 11.6 Å². The average molecular weight is 541 g/mol. The molecule has 6 nitrogen and oxygen atoms in total. The fourth-order valence-corrected chi connectivity index (χ4v) is 11.2. The van der Waals surface area contributed by atoms with Crippen molar-refractivity contribution >= 4 is 17.7 Å². The van der Waals surface area contributed by atoms with Crippen LogP contribution in [-0.4, -0.2) is 42.6 Å². The minimum Gasteiger partial charge on any atom is -0.465 e. The second-order valence-electron chi connectivity index (χ2n) is 14.2. The Morgan fingerprint density at radius 2 is 1.74 bits per heavy atom. The normalized spacial score (nSPS) is 46.0. The molecule has 0 aromatic carbocycles. The number of hydrogen-bond donors (Lipinski definition) is 0. The molecular formula is C33H48O6. The fraction of sp³-hybridized carbons (Fsp3) is 0.848. The summed E-state index contributed by atoms with van der Waals surface area (Å²) in [5.41, 5.74) is 1.51. The highest BCUT2D eigenvalue weighted by molar-refractivity contribution is 5.95. The predicted octanol–water partition coefficient (Wildman–Crippen LogP) is 6.06. The molecule has 6 rings (SSSR count). The van der Waals surface area contributed by atoms with Gasteiger partial charge in [0.2, 0.25) is 0 Å². The predicted molar refractivity (Wildman–Crippen MR) is 146 cm³/mol. The zero-order valence-corrected chi connectivity index (χ0v) is 24.8. The van der Waals surface area contributed by atoms with Crippen LogP contribution in [-0.2, 0) is 28.6 Å². The molecule has 2 bridgehead atoms. The van der Waals surface area contributed by atoms with Gasteiger partial charge in [0, 0.05) is 6.42 Å². The van der Waals surface area contributed by atoms with Gasteiger partial charge in [0.05, 0.1) is 19.3 Å². The van der Waals surface area contributed by atoms with E-state index in [9.17, 15) is 14.4 Å². The SMILES string of the molecule is CCOC(=O)C(C[C@@H](C)[C@H]1CC[C@]23C4C[C@H](CCC12C)C1(C)CCC(=O)C=C1[C@@]1(CC)O[C@H]1C43)C(=O)OCC. The zero-order valence-electron chi connectivity index (χ0n) is 24.8. The van der Waals surface area contributed by atoms with E-state index in [0.29, 0.717) is 36.5 Å². The van der Waals surface area contributed by atoms with Crippen molar-refractivity contribution in [2.75, 3.05) is 13.2 Å². The Morgan fingerprint density at radius 3 is 2.38 bits per heavy atom. The summed E-state index contributed by atoms with van der Waals surface area (Å²) in [6.45, 7) is 13.6. The second-order valence-corrected chi connectivity index (χ2v) is 14.2. The number of epoxide rings is 1. The van der Waals surface area contributed by atoms with Crippen molar-refractivity contribution in [2.24, 2.45) is 51.8 Å². The highest BCUT2D eigenvalue weighted by atomic mass is 16.6. The molecule has 0 aromatic rings. The lowest BCUT2D eigenvalue weighted by atomic mass is 9.56. The molecule has 5 fully saturated rings. The molecule has 1 spiro atoms. The highest BCUT2D eigenvalue weighted by Crippen LogP contribution is 2.86. The lowest BCUT2D eigenvalue weighted by Gasteiger charge is -2.47. The number of ketones is 1. The molecule has 1 aliphatic heterocycles. The summed E-state index contributed by atoms with van der Waals surface area (Å²) in [5.74, 6) is 0.983. The summed E-state index contributed by atoms with van der Waals surface area (Å²) < 4.78 is 17.4. The van der Waals surface area contributed by atoms with Crippen molar-refractivity contribution in [3.8, 4) is 0 Å². The third kappa shape index (κ3) is 3.58. The molecule has 0 N–H and O–H groups in total. The zero-order chi connectivity index (χ0) is 28.0. The number of rotatable bonds is 8. The lowest BCUT2D eigenvalue weighted by molar-refractivity contribution is -0.162. The fourth-order valence-electron chi connectivity index (χ4n) is 11.2. The van der Waals surface area contributed by atoms with Gasteiger partial charge in [-0.15, -0.1) is 0 Å². The molecule has 6 aliphatic rings. The number of fused-ring (bicyclic) bond motifs is 6. The maximum Gasteiger partial charge on any atom is 0.320 e. The molecule has 0 radical (unpaired) electrons. The number of esters is 2. The van der Waals surface area contributed by atoms with Gasteiger partial charge in [-0.1, -0.05) is 27.7 Å². The minimum atomic E-state index is -0.853. The second kappa shape index (κ2) is 9.16. The first-order valence-electron chi connectivity index (χ1n) is 15.8. The van der Waals surface area contributed by atoms with E-state index >= 15 is 0 Å². The summed E-state index contributed by atoms with van der Waals surface area (Å²) in [6, 6.07) is 0. The first-order chi connectivity index (χ1) is 18.5. The molecule has 10 atom stereocenters. The van der Waals surface area contributed by atoms with Gasteiger partial charge < -0.3 is 14.2 Å². The van der Waals surface area contributed by atoms with Gasteiger partial charge >= 0.3 is 11.9 Å². The minimum absolute atomic E-state index is 0.0302. The van der Waals surface area contributed by atoms with Crippen LogP contribution < -0.4 is 0 Å². The van der Waals surface area contributed by atoms with Crippen molar-refractivity contribution < 1.29 is 28.6 Å². The van der Waals surface area contributed by atoms with Crippen LogP contribution in [0.2, 0.25) is 0 Å². The van der Waals surface area contributed by atoms with Gasteiger partial charge in [-0.05, 0) is 123 Å². The van der Waals surface area contributed by atoms with E-state index in [2.05, 4.69) is 27.7 Å². The Balaban J connectivity index is 1.32. The number of carbonyl (C=O) groups excluding carboxylic acids is 3. The van der Waals surface area contributed by atoms with Crippen LogP contribution >= 0.6 is 0 Å². The van der Waals surface area contributed by atoms with E-state index < -0.39 is 17.9 Å². The van der Waals surface area contributed by atoms with Gasteiger partial charge in [-0.3, -0.25) is 14.4 Å². The van der Waals surface area contributed by atoms with E-state index in [-0.39, 0.29) is 52.9 Å². The number of allylic oxidation sites excluding steroid dienone is 1. The molecule has 39 heavy (non-hydrogen) atoms. The number of hydrogen-bond acceptors (Lipinski definition) is 6.